The van der Waals surface area contributed by atoms with Gasteiger partial charge in [0, 0.05) is 31.8 Å². The third kappa shape index (κ3) is 5.23. The van der Waals surface area contributed by atoms with Gasteiger partial charge in [-0.05, 0) is 39.5 Å². The van der Waals surface area contributed by atoms with Crippen LogP contribution in [-0.2, 0) is 0 Å². The molecule has 27 heavy (non-hydrogen) atoms. The van der Waals surface area contributed by atoms with Gasteiger partial charge in [0.05, 0.1) is 16.1 Å². The first-order valence-electron chi connectivity index (χ1n) is 8.62. The monoisotopic (exact) mass is 377 g/mol. The van der Waals surface area contributed by atoms with Gasteiger partial charge in [-0.2, -0.15) is 0 Å². The van der Waals surface area contributed by atoms with E-state index in [1.54, 1.807) is 0 Å². The Bertz CT molecular complexity index is 749. The maximum atomic E-state index is 12.3. The molecule has 2 rings (SSSR count). The van der Waals surface area contributed by atoms with E-state index in [9.17, 15) is 24.5 Å². The maximum absolute atomic E-state index is 12.3. The van der Waals surface area contributed by atoms with Crippen molar-refractivity contribution < 1.29 is 19.3 Å². The number of carbonyl (C=O) groups excluding carboxylic acids is 3. The zero-order valence-electron chi connectivity index (χ0n) is 15.4. The summed E-state index contributed by atoms with van der Waals surface area (Å²) in [5.74, 6) is -1.02. The van der Waals surface area contributed by atoms with E-state index in [-0.39, 0.29) is 29.4 Å². The minimum Gasteiger partial charge on any atom is -0.338 e. The summed E-state index contributed by atoms with van der Waals surface area (Å²) >= 11 is 0. The zero-order chi connectivity index (χ0) is 20.0. The molecule has 0 saturated heterocycles. The molecule has 0 spiro atoms. The number of fused-ring (bicyclic) bond motifs is 1. The SMILES string of the molecule is CN(C)CCCNC(=O)NCCCN1C(=O)c2ccc([N+](=O)[O-])cc2C1=O. The molecule has 4 amide bonds. The Hall–Kier alpha value is -3.01. The fraction of sp³-hybridized carbons (Fsp3) is 0.471. The van der Waals surface area contributed by atoms with Gasteiger partial charge in [0.1, 0.15) is 0 Å². The highest BCUT2D eigenvalue weighted by Gasteiger charge is 2.36. The van der Waals surface area contributed by atoms with Crippen molar-refractivity contribution in [3.05, 3.63) is 39.4 Å². The molecule has 0 aliphatic carbocycles. The van der Waals surface area contributed by atoms with Crippen molar-refractivity contribution in [2.75, 3.05) is 40.3 Å². The van der Waals surface area contributed by atoms with Gasteiger partial charge in [0.2, 0.25) is 0 Å². The molecule has 10 nitrogen and oxygen atoms in total. The summed E-state index contributed by atoms with van der Waals surface area (Å²) < 4.78 is 0. The number of carbonyl (C=O) groups is 3. The first kappa shape index (κ1) is 20.3. The smallest absolute Gasteiger partial charge is 0.314 e. The lowest BCUT2D eigenvalue weighted by Gasteiger charge is -2.14. The number of benzene rings is 1. The van der Waals surface area contributed by atoms with Crippen LogP contribution in [0.1, 0.15) is 33.6 Å². The standard InChI is InChI=1S/C17H23N5O5/c1-20(2)9-3-7-18-17(25)19-8-4-10-21-15(23)13-6-5-12(22(26)27)11-14(13)16(21)24/h5-6,11H,3-4,7-10H2,1-2H3,(H2,18,19,25). The average molecular weight is 377 g/mol. The number of hydrogen-bond donors (Lipinski definition) is 2. The van der Waals surface area contributed by atoms with Crippen LogP contribution in [0.25, 0.3) is 0 Å². The second kappa shape index (κ2) is 9.08. The second-order valence-corrected chi connectivity index (χ2v) is 6.44. The van der Waals surface area contributed by atoms with Crippen molar-refractivity contribution >= 4 is 23.5 Å². The van der Waals surface area contributed by atoms with E-state index >= 15 is 0 Å². The average Bonchev–Trinajstić information content (AvgIpc) is 2.86. The summed E-state index contributed by atoms with van der Waals surface area (Å²) in [5, 5.41) is 16.2. The summed E-state index contributed by atoms with van der Waals surface area (Å²) in [4.78, 5) is 49.5. The number of imide groups is 1. The van der Waals surface area contributed by atoms with Gasteiger partial charge in [0.25, 0.3) is 17.5 Å². The zero-order valence-corrected chi connectivity index (χ0v) is 15.4. The Labute approximate surface area is 156 Å². The van der Waals surface area contributed by atoms with Crippen LogP contribution in [0.5, 0.6) is 0 Å². The van der Waals surface area contributed by atoms with Crippen molar-refractivity contribution in [2.45, 2.75) is 12.8 Å². The predicted octanol–water partition coefficient (Wildman–Crippen LogP) is 0.832. The van der Waals surface area contributed by atoms with Gasteiger partial charge in [-0.1, -0.05) is 0 Å². The van der Waals surface area contributed by atoms with Crippen molar-refractivity contribution in [2.24, 2.45) is 0 Å². The van der Waals surface area contributed by atoms with Gasteiger partial charge in [-0.25, -0.2) is 4.79 Å². The van der Waals surface area contributed by atoms with Gasteiger partial charge in [-0.15, -0.1) is 0 Å². The van der Waals surface area contributed by atoms with E-state index in [2.05, 4.69) is 10.6 Å². The Balaban J connectivity index is 1.77. The summed E-state index contributed by atoms with van der Waals surface area (Å²) in [7, 11) is 3.91. The van der Waals surface area contributed by atoms with Gasteiger partial charge >= 0.3 is 6.03 Å². The van der Waals surface area contributed by atoms with Crippen LogP contribution in [0.4, 0.5) is 10.5 Å². The summed E-state index contributed by atoms with van der Waals surface area (Å²) in [5.41, 5.74) is -0.0256. The number of amides is 4. The fourth-order valence-electron chi connectivity index (χ4n) is 2.69. The highest BCUT2D eigenvalue weighted by Crippen LogP contribution is 2.26. The molecule has 1 aliphatic rings. The van der Waals surface area contributed by atoms with E-state index in [0.29, 0.717) is 19.5 Å². The fourth-order valence-corrected chi connectivity index (χ4v) is 2.69. The van der Waals surface area contributed by atoms with E-state index in [0.717, 1.165) is 23.9 Å². The lowest BCUT2D eigenvalue weighted by Crippen LogP contribution is -2.39. The lowest BCUT2D eigenvalue weighted by atomic mass is 10.1. The van der Waals surface area contributed by atoms with Crippen LogP contribution < -0.4 is 10.6 Å². The molecular formula is C17H23N5O5. The van der Waals surface area contributed by atoms with Crippen LogP contribution in [0.15, 0.2) is 18.2 Å². The van der Waals surface area contributed by atoms with Crippen LogP contribution >= 0.6 is 0 Å². The maximum Gasteiger partial charge on any atom is 0.314 e. The molecule has 1 aliphatic heterocycles. The van der Waals surface area contributed by atoms with E-state index < -0.39 is 16.7 Å². The van der Waals surface area contributed by atoms with E-state index in [4.69, 9.17) is 0 Å². The van der Waals surface area contributed by atoms with Crippen LogP contribution in [0.2, 0.25) is 0 Å². The molecule has 10 heteroatoms. The molecule has 0 bridgehead atoms. The van der Waals surface area contributed by atoms with Crippen molar-refractivity contribution in [1.82, 2.24) is 20.4 Å². The third-order valence-corrected chi connectivity index (χ3v) is 4.08. The summed E-state index contributed by atoms with van der Waals surface area (Å²) in [6, 6.07) is 3.32. The number of non-ortho nitro benzene ring substituents is 1. The van der Waals surface area contributed by atoms with E-state index in [1.807, 2.05) is 19.0 Å². The van der Waals surface area contributed by atoms with Crippen LogP contribution in [0.3, 0.4) is 0 Å². The highest BCUT2D eigenvalue weighted by molar-refractivity contribution is 6.21. The molecule has 0 saturated carbocycles. The number of rotatable bonds is 9. The topological polar surface area (TPSA) is 125 Å². The minimum atomic E-state index is -0.609. The molecular weight excluding hydrogens is 354 g/mol. The van der Waals surface area contributed by atoms with Gasteiger partial charge in [0.15, 0.2) is 0 Å². The lowest BCUT2D eigenvalue weighted by molar-refractivity contribution is -0.384. The molecule has 0 unspecified atom stereocenters. The third-order valence-electron chi connectivity index (χ3n) is 4.08. The van der Waals surface area contributed by atoms with Crippen LogP contribution in [0, 0.1) is 10.1 Å². The predicted molar refractivity (Wildman–Crippen MR) is 97.7 cm³/mol. The number of urea groups is 1. The number of nitro benzene ring substituents is 1. The molecule has 1 aromatic rings. The molecule has 0 atom stereocenters. The number of nitro groups is 1. The van der Waals surface area contributed by atoms with E-state index in [1.165, 1.54) is 12.1 Å². The number of nitrogens with zero attached hydrogens (tertiary/aromatic N) is 3. The Morgan fingerprint density at radius 1 is 1.11 bits per heavy atom. The number of nitrogens with one attached hydrogen (secondary N) is 2. The van der Waals surface area contributed by atoms with Crippen molar-refractivity contribution in [3.63, 3.8) is 0 Å². The molecule has 0 fully saturated rings. The highest BCUT2D eigenvalue weighted by atomic mass is 16.6. The Morgan fingerprint density at radius 3 is 2.37 bits per heavy atom. The second-order valence-electron chi connectivity index (χ2n) is 6.44. The van der Waals surface area contributed by atoms with Gasteiger partial charge in [-0.3, -0.25) is 24.6 Å². The Kier molecular flexibility index (Phi) is 6.83. The molecule has 0 aromatic heterocycles. The summed E-state index contributed by atoms with van der Waals surface area (Å²) in [6.45, 7) is 1.85. The first-order chi connectivity index (χ1) is 12.8. The summed E-state index contributed by atoms with van der Waals surface area (Å²) in [6.07, 6.45) is 1.22. The largest absolute Gasteiger partial charge is 0.338 e. The van der Waals surface area contributed by atoms with Crippen LogP contribution in [-0.4, -0.2) is 72.8 Å². The van der Waals surface area contributed by atoms with Crippen molar-refractivity contribution in [3.8, 4) is 0 Å². The molecule has 146 valence electrons. The Morgan fingerprint density at radius 2 is 1.74 bits per heavy atom. The quantitative estimate of drug-likeness (QED) is 0.284. The minimum absolute atomic E-state index is 0.0424. The molecule has 1 heterocycles. The number of hydrogen-bond acceptors (Lipinski definition) is 6. The van der Waals surface area contributed by atoms with Crippen molar-refractivity contribution in [1.29, 1.82) is 0 Å². The molecule has 2 N–H and O–H groups in total. The molecule has 0 radical (unpaired) electrons. The first-order valence-corrected chi connectivity index (χ1v) is 8.62. The normalized spacial score (nSPS) is 13.1. The van der Waals surface area contributed by atoms with Gasteiger partial charge < -0.3 is 15.5 Å². The molecule has 1 aromatic carbocycles.